The number of nitrogens with zero attached hydrogens (tertiary/aromatic N) is 1. The number of ether oxygens (including phenoxy) is 2. The number of rotatable bonds is 7. The smallest absolute Gasteiger partial charge is 0.339 e. The van der Waals surface area contributed by atoms with Crippen molar-refractivity contribution in [3.05, 3.63) is 70.0 Å². The van der Waals surface area contributed by atoms with E-state index in [0.29, 0.717) is 11.6 Å². The predicted molar refractivity (Wildman–Crippen MR) is 85.5 cm³/mol. The molecule has 0 aliphatic heterocycles. The maximum atomic E-state index is 13.3. The molecule has 7 nitrogen and oxygen atoms in total. The molecule has 0 bridgehead atoms. The summed E-state index contributed by atoms with van der Waals surface area (Å²) < 4.78 is 23.6. The number of nitro benzene ring substituents is 1. The summed E-state index contributed by atoms with van der Waals surface area (Å²) >= 11 is 0. The number of aliphatic hydroxyl groups excluding tert-OH is 1. The number of carbonyl (C=O) groups excluding carboxylic acids is 1. The summed E-state index contributed by atoms with van der Waals surface area (Å²) in [4.78, 5) is 22.2. The number of hydrogen-bond acceptors (Lipinski definition) is 6. The largest absolute Gasteiger partial charge is 0.475 e. The van der Waals surface area contributed by atoms with Gasteiger partial charge < -0.3 is 14.6 Å². The van der Waals surface area contributed by atoms with Gasteiger partial charge in [-0.1, -0.05) is 30.3 Å². The second-order valence-corrected chi connectivity index (χ2v) is 5.02. The first-order chi connectivity index (χ1) is 11.9. The topological polar surface area (TPSA) is 98.9 Å². The normalized spacial score (nSPS) is 12.9. The molecule has 0 radical (unpaired) electrons. The Kier molecular flexibility index (Phi) is 6.02. The minimum atomic E-state index is -1.72. The predicted octanol–water partition coefficient (Wildman–Crippen LogP) is 2.78. The average Bonchev–Trinajstić information content (AvgIpc) is 2.61. The van der Waals surface area contributed by atoms with Gasteiger partial charge in [0.2, 0.25) is 0 Å². The zero-order chi connectivity index (χ0) is 18.4. The van der Waals surface area contributed by atoms with Gasteiger partial charge in [-0.2, -0.15) is 0 Å². The van der Waals surface area contributed by atoms with E-state index in [-0.39, 0.29) is 12.4 Å². The van der Waals surface area contributed by atoms with Crippen LogP contribution in [0.5, 0.6) is 5.75 Å². The molecule has 1 N–H and O–H groups in total. The Hall–Kier alpha value is -3.00. The molecule has 0 saturated heterocycles. The molecule has 2 rings (SSSR count). The standard InChI is InChI=1S/C17H16FNO6/c1-2-24-17(21)15(20)16(11-6-4-3-5-7-11)25-14-9-8-12(18)10-13(14)19(22)23/h3-10,15-16,20H,2H2,1H3/t15-,16+/m0/s1. The van der Waals surface area contributed by atoms with Gasteiger partial charge in [0.1, 0.15) is 5.82 Å². The second kappa shape index (κ2) is 8.20. The molecule has 0 aliphatic carbocycles. The molecule has 0 aromatic heterocycles. The monoisotopic (exact) mass is 349 g/mol. The summed E-state index contributed by atoms with van der Waals surface area (Å²) in [5, 5.41) is 21.4. The highest BCUT2D eigenvalue weighted by Gasteiger charge is 2.32. The zero-order valence-corrected chi connectivity index (χ0v) is 13.3. The van der Waals surface area contributed by atoms with Gasteiger partial charge in [0.05, 0.1) is 17.6 Å². The van der Waals surface area contributed by atoms with Crippen molar-refractivity contribution in [2.45, 2.75) is 19.1 Å². The van der Waals surface area contributed by atoms with Crippen LogP contribution in [0.4, 0.5) is 10.1 Å². The highest BCUT2D eigenvalue weighted by atomic mass is 19.1. The molecule has 25 heavy (non-hydrogen) atoms. The third kappa shape index (κ3) is 4.51. The van der Waals surface area contributed by atoms with Crippen LogP contribution in [-0.4, -0.2) is 28.7 Å². The lowest BCUT2D eigenvalue weighted by molar-refractivity contribution is -0.386. The molecule has 2 atom stereocenters. The van der Waals surface area contributed by atoms with Crippen LogP contribution in [0, 0.1) is 15.9 Å². The number of benzene rings is 2. The van der Waals surface area contributed by atoms with E-state index in [0.717, 1.165) is 12.1 Å². The highest BCUT2D eigenvalue weighted by molar-refractivity contribution is 5.75. The summed E-state index contributed by atoms with van der Waals surface area (Å²) in [6, 6.07) is 11.0. The first-order valence-electron chi connectivity index (χ1n) is 7.44. The van der Waals surface area contributed by atoms with E-state index in [9.17, 15) is 24.4 Å². The van der Waals surface area contributed by atoms with E-state index in [4.69, 9.17) is 9.47 Å². The average molecular weight is 349 g/mol. The van der Waals surface area contributed by atoms with E-state index in [2.05, 4.69) is 0 Å². The Morgan fingerprint density at radius 3 is 2.56 bits per heavy atom. The second-order valence-electron chi connectivity index (χ2n) is 5.02. The molecule has 0 heterocycles. The summed E-state index contributed by atoms with van der Waals surface area (Å²) in [6.45, 7) is 1.63. The van der Waals surface area contributed by atoms with Crippen LogP contribution < -0.4 is 4.74 Å². The van der Waals surface area contributed by atoms with Gasteiger partial charge in [-0.3, -0.25) is 10.1 Å². The van der Waals surface area contributed by atoms with E-state index >= 15 is 0 Å². The minimum absolute atomic E-state index is 0.0497. The number of aliphatic hydroxyl groups is 1. The molecular weight excluding hydrogens is 333 g/mol. The minimum Gasteiger partial charge on any atom is -0.475 e. The van der Waals surface area contributed by atoms with Crippen molar-refractivity contribution in [3.8, 4) is 5.75 Å². The number of esters is 1. The Bertz CT molecular complexity index is 752. The maximum Gasteiger partial charge on any atom is 0.339 e. The summed E-state index contributed by atoms with van der Waals surface area (Å²) in [5.74, 6) is -2.01. The van der Waals surface area contributed by atoms with Gasteiger partial charge in [-0.05, 0) is 24.6 Å². The van der Waals surface area contributed by atoms with Crippen LogP contribution in [0.1, 0.15) is 18.6 Å². The molecule has 132 valence electrons. The molecule has 2 aromatic rings. The van der Waals surface area contributed by atoms with Crippen molar-refractivity contribution in [1.29, 1.82) is 0 Å². The molecule has 0 fully saturated rings. The van der Waals surface area contributed by atoms with Gasteiger partial charge in [0.15, 0.2) is 18.0 Å². The van der Waals surface area contributed by atoms with Crippen LogP contribution >= 0.6 is 0 Å². The molecule has 0 saturated carbocycles. The fourth-order valence-electron chi connectivity index (χ4n) is 2.18. The van der Waals surface area contributed by atoms with Crippen molar-refractivity contribution in [3.63, 3.8) is 0 Å². The van der Waals surface area contributed by atoms with Crippen molar-refractivity contribution < 1.29 is 28.7 Å². The number of nitro groups is 1. The Morgan fingerprint density at radius 2 is 1.96 bits per heavy atom. The van der Waals surface area contributed by atoms with E-state index in [1.807, 2.05) is 0 Å². The lowest BCUT2D eigenvalue weighted by atomic mass is 10.0. The van der Waals surface area contributed by atoms with Gasteiger partial charge in [-0.15, -0.1) is 0 Å². The first-order valence-corrected chi connectivity index (χ1v) is 7.44. The van der Waals surface area contributed by atoms with Gasteiger partial charge in [0, 0.05) is 0 Å². The van der Waals surface area contributed by atoms with E-state index < -0.39 is 34.6 Å². The van der Waals surface area contributed by atoms with Gasteiger partial charge in [0.25, 0.3) is 0 Å². The maximum absolute atomic E-state index is 13.3. The molecule has 8 heteroatoms. The fraction of sp³-hybridized carbons (Fsp3) is 0.235. The van der Waals surface area contributed by atoms with Crippen LogP contribution in [0.15, 0.2) is 48.5 Å². The fourth-order valence-corrected chi connectivity index (χ4v) is 2.18. The van der Waals surface area contributed by atoms with Crippen LogP contribution in [0.25, 0.3) is 0 Å². The molecule has 0 amide bonds. The van der Waals surface area contributed by atoms with Crippen LogP contribution in [0.3, 0.4) is 0 Å². The number of carbonyl (C=O) groups is 1. The van der Waals surface area contributed by atoms with Crippen molar-refractivity contribution in [2.75, 3.05) is 6.61 Å². The number of hydrogen-bond donors (Lipinski definition) is 1. The van der Waals surface area contributed by atoms with Crippen molar-refractivity contribution in [2.24, 2.45) is 0 Å². The lowest BCUT2D eigenvalue weighted by Gasteiger charge is -2.23. The first kappa shape index (κ1) is 18.3. The third-order valence-corrected chi connectivity index (χ3v) is 3.31. The lowest BCUT2D eigenvalue weighted by Crippen LogP contribution is -2.33. The molecular formula is C17H16FNO6. The van der Waals surface area contributed by atoms with Gasteiger partial charge >= 0.3 is 11.7 Å². The van der Waals surface area contributed by atoms with Crippen LogP contribution in [-0.2, 0) is 9.53 Å². The third-order valence-electron chi connectivity index (χ3n) is 3.31. The van der Waals surface area contributed by atoms with E-state index in [1.54, 1.807) is 37.3 Å². The Morgan fingerprint density at radius 1 is 1.28 bits per heavy atom. The SMILES string of the molecule is CCOC(=O)[C@@H](O)[C@H](Oc1ccc(F)cc1[N+](=O)[O-])c1ccccc1. The van der Waals surface area contributed by atoms with Crippen molar-refractivity contribution >= 4 is 11.7 Å². The summed E-state index contributed by atoms with van der Waals surface area (Å²) in [6.07, 6.45) is -2.98. The molecule has 0 unspecified atom stereocenters. The number of halogens is 1. The zero-order valence-electron chi connectivity index (χ0n) is 13.3. The van der Waals surface area contributed by atoms with Crippen LogP contribution in [0.2, 0.25) is 0 Å². The summed E-state index contributed by atoms with van der Waals surface area (Å²) in [5.41, 5.74) is -0.210. The molecule has 0 spiro atoms. The Labute approximate surface area is 142 Å². The summed E-state index contributed by atoms with van der Waals surface area (Å²) in [7, 11) is 0. The quantitative estimate of drug-likeness (QED) is 0.469. The molecule has 0 aliphatic rings. The van der Waals surface area contributed by atoms with Gasteiger partial charge in [-0.25, -0.2) is 9.18 Å². The molecule has 2 aromatic carbocycles. The van der Waals surface area contributed by atoms with Crippen molar-refractivity contribution in [1.82, 2.24) is 0 Å². The highest BCUT2D eigenvalue weighted by Crippen LogP contribution is 2.33. The Balaban J connectivity index is 2.41. The van der Waals surface area contributed by atoms with E-state index in [1.165, 1.54) is 0 Å².